The fraction of sp³-hybridized carbons (Fsp3) is 0.625. The molecule has 0 aliphatic carbocycles. The molecule has 2 atom stereocenters. The maximum Gasteiger partial charge on any atom is 0.123 e. The van der Waals surface area contributed by atoms with Crippen LogP contribution in [0, 0.1) is 0 Å². The molecule has 1 fully saturated rings. The van der Waals surface area contributed by atoms with Gasteiger partial charge in [0.15, 0.2) is 0 Å². The molecule has 1 aromatic carbocycles. The van der Waals surface area contributed by atoms with Crippen molar-refractivity contribution in [2.24, 2.45) is 0 Å². The van der Waals surface area contributed by atoms with E-state index in [2.05, 4.69) is 24.1 Å². The summed E-state index contributed by atoms with van der Waals surface area (Å²) in [6, 6.07) is 6.32. The number of nitrogens with zero attached hydrogens (tertiary/aromatic N) is 1. The van der Waals surface area contributed by atoms with E-state index in [1.165, 1.54) is 0 Å². The third kappa shape index (κ3) is 5.06. The molecular weight excluding hydrogens is 304 g/mol. The van der Waals surface area contributed by atoms with E-state index in [1.807, 2.05) is 18.2 Å². The van der Waals surface area contributed by atoms with Gasteiger partial charge in [-0.1, -0.05) is 18.5 Å². The molecule has 1 aliphatic rings. The van der Waals surface area contributed by atoms with Crippen LogP contribution in [0.5, 0.6) is 5.75 Å². The Kier molecular flexibility index (Phi) is 6.68. The van der Waals surface area contributed by atoms with Gasteiger partial charge in [-0.25, -0.2) is 0 Å². The second kappa shape index (κ2) is 8.28. The number of hydrogen-bond donors (Lipinski definition) is 2. The van der Waals surface area contributed by atoms with Crippen molar-refractivity contribution in [3.05, 3.63) is 28.8 Å². The minimum Gasteiger partial charge on any atom is -0.493 e. The van der Waals surface area contributed by atoms with E-state index >= 15 is 0 Å². The largest absolute Gasteiger partial charge is 0.493 e. The highest BCUT2D eigenvalue weighted by molar-refractivity contribution is 7.81. The van der Waals surface area contributed by atoms with Crippen molar-refractivity contribution >= 4 is 24.2 Å². The third-order valence-electron chi connectivity index (χ3n) is 3.79. The first-order valence-electron chi connectivity index (χ1n) is 7.65. The predicted octanol–water partition coefficient (Wildman–Crippen LogP) is 3.22. The molecule has 118 valence electrons. The number of nitrogens with one attached hydrogen (secondary N) is 1. The van der Waals surface area contributed by atoms with Crippen LogP contribution in [-0.4, -0.2) is 42.4 Å². The second-order valence-electron chi connectivity index (χ2n) is 5.65. The maximum atomic E-state index is 6.15. The van der Waals surface area contributed by atoms with E-state index in [9.17, 15) is 0 Å². The molecule has 21 heavy (non-hydrogen) atoms. The van der Waals surface area contributed by atoms with E-state index < -0.39 is 0 Å². The van der Waals surface area contributed by atoms with Gasteiger partial charge in [0.25, 0.3) is 0 Å². The number of benzene rings is 1. The first-order valence-corrected chi connectivity index (χ1v) is 8.54. The smallest absolute Gasteiger partial charge is 0.123 e. The van der Waals surface area contributed by atoms with Crippen LogP contribution in [-0.2, 0) is 6.54 Å². The summed E-state index contributed by atoms with van der Waals surface area (Å²) >= 11 is 10.8. The summed E-state index contributed by atoms with van der Waals surface area (Å²) in [6.07, 6.45) is 1.01. The van der Waals surface area contributed by atoms with Crippen molar-refractivity contribution in [3.63, 3.8) is 0 Å². The van der Waals surface area contributed by atoms with Gasteiger partial charge >= 0.3 is 0 Å². The van der Waals surface area contributed by atoms with Crippen LogP contribution in [0.15, 0.2) is 18.2 Å². The van der Waals surface area contributed by atoms with Crippen LogP contribution in [0.2, 0.25) is 5.02 Å². The van der Waals surface area contributed by atoms with E-state index in [4.69, 9.17) is 29.0 Å². The minimum absolute atomic E-state index is 0.340. The molecule has 0 radical (unpaired) electrons. The van der Waals surface area contributed by atoms with Gasteiger partial charge in [0, 0.05) is 48.1 Å². The lowest BCUT2D eigenvalue weighted by molar-refractivity contribution is 0.270. The molecule has 3 nitrogen and oxygen atoms in total. The highest BCUT2D eigenvalue weighted by Gasteiger charge is 2.21. The monoisotopic (exact) mass is 328 g/mol. The lowest BCUT2D eigenvalue weighted by Gasteiger charge is -2.24. The SMILES string of the molecule is CCCOc1ccc(Cl)cc1CN1CCNC(C)C(S)C1. The Labute approximate surface area is 138 Å². The van der Waals surface area contributed by atoms with Gasteiger partial charge in [-0.15, -0.1) is 0 Å². The van der Waals surface area contributed by atoms with Gasteiger partial charge in [0.1, 0.15) is 5.75 Å². The van der Waals surface area contributed by atoms with Crippen LogP contribution in [0.1, 0.15) is 25.8 Å². The third-order valence-corrected chi connectivity index (χ3v) is 4.64. The molecule has 2 unspecified atom stereocenters. The zero-order chi connectivity index (χ0) is 15.2. The summed E-state index contributed by atoms with van der Waals surface area (Å²) in [7, 11) is 0. The average Bonchev–Trinajstić information content (AvgIpc) is 2.60. The summed E-state index contributed by atoms with van der Waals surface area (Å²) < 4.78 is 5.84. The maximum absolute atomic E-state index is 6.15. The fourth-order valence-corrected chi connectivity index (χ4v) is 3.04. The molecule has 1 aromatic rings. The molecule has 0 bridgehead atoms. The molecule has 5 heteroatoms. The van der Waals surface area contributed by atoms with E-state index in [1.54, 1.807) is 0 Å². The van der Waals surface area contributed by atoms with Gasteiger partial charge in [0.2, 0.25) is 0 Å². The molecule has 1 aliphatic heterocycles. The van der Waals surface area contributed by atoms with Gasteiger partial charge in [-0.3, -0.25) is 4.90 Å². The van der Waals surface area contributed by atoms with Crippen molar-refractivity contribution in [1.82, 2.24) is 10.2 Å². The van der Waals surface area contributed by atoms with E-state index in [0.29, 0.717) is 11.3 Å². The van der Waals surface area contributed by atoms with Crippen molar-refractivity contribution in [3.8, 4) is 5.75 Å². The van der Waals surface area contributed by atoms with Crippen molar-refractivity contribution in [2.45, 2.75) is 38.1 Å². The highest BCUT2D eigenvalue weighted by atomic mass is 35.5. The van der Waals surface area contributed by atoms with E-state index in [0.717, 1.165) is 55.5 Å². The van der Waals surface area contributed by atoms with Crippen LogP contribution >= 0.6 is 24.2 Å². The predicted molar refractivity (Wildman–Crippen MR) is 92.8 cm³/mol. The molecule has 0 saturated carbocycles. The Balaban J connectivity index is 2.08. The lowest BCUT2D eigenvalue weighted by atomic mass is 10.1. The van der Waals surface area contributed by atoms with Crippen LogP contribution in [0.3, 0.4) is 0 Å². The van der Waals surface area contributed by atoms with Crippen molar-refractivity contribution in [2.75, 3.05) is 26.2 Å². The minimum atomic E-state index is 0.340. The second-order valence-corrected chi connectivity index (χ2v) is 6.75. The molecule has 0 aromatic heterocycles. The Hall–Kier alpha value is -0.420. The number of rotatable bonds is 5. The Morgan fingerprint density at radius 1 is 1.48 bits per heavy atom. The number of halogens is 1. The number of thiol groups is 1. The molecule has 1 saturated heterocycles. The molecular formula is C16H25ClN2OS. The Bertz CT molecular complexity index is 458. The van der Waals surface area contributed by atoms with Crippen molar-refractivity contribution in [1.29, 1.82) is 0 Å². The summed E-state index contributed by atoms with van der Waals surface area (Å²) in [6.45, 7) is 8.87. The van der Waals surface area contributed by atoms with Crippen LogP contribution in [0.25, 0.3) is 0 Å². The average molecular weight is 329 g/mol. The van der Waals surface area contributed by atoms with Gasteiger partial charge in [-0.2, -0.15) is 12.6 Å². The Morgan fingerprint density at radius 3 is 3.05 bits per heavy atom. The first kappa shape index (κ1) is 16.9. The molecule has 2 rings (SSSR count). The summed E-state index contributed by atoms with van der Waals surface area (Å²) in [5.41, 5.74) is 1.16. The van der Waals surface area contributed by atoms with Crippen LogP contribution < -0.4 is 10.1 Å². The lowest BCUT2D eigenvalue weighted by Crippen LogP contribution is -2.35. The summed E-state index contributed by atoms with van der Waals surface area (Å²) in [4.78, 5) is 2.42. The summed E-state index contributed by atoms with van der Waals surface area (Å²) in [5, 5.41) is 4.60. The normalized spacial score (nSPS) is 23.8. The van der Waals surface area contributed by atoms with E-state index in [-0.39, 0.29) is 0 Å². The quantitative estimate of drug-likeness (QED) is 0.812. The first-order chi connectivity index (χ1) is 10.1. The van der Waals surface area contributed by atoms with Gasteiger partial charge < -0.3 is 10.1 Å². The highest BCUT2D eigenvalue weighted by Crippen LogP contribution is 2.25. The zero-order valence-electron chi connectivity index (χ0n) is 12.8. The standard InChI is InChI=1S/C16H25ClN2OS/c1-3-8-20-15-5-4-14(17)9-13(15)10-19-7-6-18-12(2)16(21)11-19/h4-5,9,12,16,18,21H,3,6-8,10-11H2,1-2H3. The number of ether oxygens (including phenoxy) is 1. The molecule has 0 spiro atoms. The number of hydrogen-bond acceptors (Lipinski definition) is 4. The topological polar surface area (TPSA) is 24.5 Å². The Morgan fingerprint density at radius 2 is 2.29 bits per heavy atom. The van der Waals surface area contributed by atoms with Gasteiger partial charge in [-0.05, 0) is 31.5 Å². The fourth-order valence-electron chi connectivity index (χ4n) is 2.51. The van der Waals surface area contributed by atoms with Crippen molar-refractivity contribution < 1.29 is 4.74 Å². The van der Waals surface area contributed by atoms with Gasteiger partial charge in [0.05, 0.1) is 6.61 Å². The summed E-state index contributed by atoms with van der Waals surface area (Å²) in [5.74, 6) is 0.946. The molecule has 1 heterocycles. The van der Waals surface area contributed by atoms with Crippen LogP contribution in [0.4, 0.5) is 0 Å². The molecule has 1 N–H and O–H groups in total. The molecule has 0 amide bonds. The zero-order valence-corrected chi connectivity index (χ0v) is 14.5.